The second-order valence-electron chi connectivity index (χ2n) is 5.69. The molecule has 0 heterocycles. The Morgan fingerprint density at radius 1 is 1.13 bits per heavy atom. The van der Waals surface area contributed by atoms with Gasteiger partial charge < -0.3 is 15.7 Å². The van der Waals surface area contributed by atoms with Crippen molar-refractivity contribution in [3.63, 3.8) is 0 Å². The zero-order valence-electron chi connectivity index (χ0n) is 13.3. The summed E-state index contributed by atoms with van der Waals surface area (Å²) in [5.41, 5.74) is 0.240. The van der Waals surface area contributed by atoms with E-state index in [4.69, 9.17) is 5.11 Å². The zero-order valence-corrected chi connectivity index (χ0v) is 13.3. The van der Waals surface area contributed by atoms with Gasteiger partial charge in [0.15, 0.2) is 0 Å². The number of benzene rings is 1. The van der Waals surface area contributed by atoms with E-state index in [-0.39, 0.29) is 18.0 Å². The van der Waals surface area contributed by atoms with E-state index in [1.165, 1.54) is 19.1 Å². The van der Waals surface area contributed by atoms with Crippen molar-refractivity contribution in [1.29, 1.82) is 0 Å². The lowest BCUT2D eigenvalue weighted by molar-refractivity contribution is -0.141. The predicted octanol–water partition coefficient (Wildman–Crippen LogP) is 1.42. The number of carbonyl (C=O) groups is 3. The molecule has 0 aliphatic carbocycles. The Morgan fingerprint density at radius 2 is 1.70 bits per heavy atom. The average molecular weight is 324 g/mol. The molecule has 6 nitrogen and oxygen atoms in total. The van der Waals surface area contributed by atoms with Crippen molar-refractivity contribution >= 4 is 17.8 Å². The third kappa shape index (κ3) is 5.69. The van der Waals surface area contributed by atoms with Gasteiger partial charge in [-0.05, 0) is 30.2 Å². The smallest absolute Gasteiger partial charge is 0.308 e. The second kappa shape index (κ2) is 8.26. The lowest BCUT2D eigenvalue weighted by Crippen LogP contribution is -2.50. The van der Waals surface area contributed by atoms with Gasteiger partial charge in [-0.2, -0.15) is 0 Å². The first-order valence-electron chi connectivity index (χ1n) is 7.29. The van der Waals surface area contributed by atoms with Crippen LogP contribution in [0.3, 0.4) is 0 Å². The Balaban J connectivity index is 2.70. The maximum atomic E-state index is 12.9. The van der Waals surface area contributed by atoms with Crippen LogP contribution in [0.4, 0.5) is 4.39 Å². The van der Waals surface area contributed by atoms with E-state index in [1.807, 2.05) is 0 Å². The minimum Gasteiger partial charge on any atom is -0.481 e. The summed E-state index contributed by atoms with van der Waals surface area (Å²) < 4.78 is 12.9. The van der Waals surface area contributed by atoms with E-state index in [2.05, 4.69) is 10.6 Å². The van der Waals surface area contributed by atoms with Gasteiger partial charge in [-0.15, -0.1) is 0 Å². The highest BCUT2D eigenvalue weighted by molar-refractivity contribution is 5.97. The van der Waals surface area contributed by atoms with Crippen LogP contribution in [0.25, 0.3) is 0 Å². The first kappa shape index (κ1) is 18.6. The second-order valence-corrected chi connectivity index (χ2v) is 5.69. The van der Waals surface area contributed by atoms with E-state index in [9.17, 15) is 18.8 Å². The number of carboxylic acids is 1. The quantitative estimate of drug-likeness (QED) is 0.707. The Kier molecular flexibility index (Phi) is 6.68. The number of halogens is 1. The van der Waals surface area contributed by atoms with Crippen molar-refractivity contribution in [3.05, 3.63) is 35.6 Å². The van der Waals surface area contributed by atoms with Crippen LogP contribution < -0.4 is 10.6 Å². The molecule has 0 aliphatic rings. The number of carbonyl (C=O) groups excluding carboxylic acids is 2. The Bertz CT molecular complexity index is 572. The fraction of sp³-hybridized carbons (Fsp3) is 0.438. The first-order chi connectivity index (χ1) is 10.7. The standard InChI is InChI=1S/C16H21FN2O4/c1-9(2)13(15(21)18-8-10(3)16(22)23)19-14(20)11-4-6-12(17)7-5-11/h4-7,9-10,13H,8H2,1-3H3,(H,18,21)(H,19,20)(H,22,23). The Labute approximate surface area is 134 Å². The summed E-state index contributed by atoms with van der Waals surface area (Å²) in [7, 11) is 0. The summed E-state index contributed by atoms with van der Waals surface area (Å²) in [6.45, 7) is 4.97. The molecule has 3 N–H and O–H groups in total. The Morgan fingerprint density at radius 3 is 2.17 bits per heavy atom. The van der Waals surface area contributed by atoms with Crippen LogP contribution in [-0.4, -0.2) is 35.5 Å². The van der Waals surface area contributed by atoms with Gasteiger partial charge in [0, 0.05) is 12.1 Å². The van der Waals surface area contributed by atoms with Gasteiger partial charge in [-0.3, -0.25) is 14.4 Å². The molecule has 2 atom stereocenters. The van der Waals surface area contributed by atoms with Gasteiger partial charge in [0.2, 0.25) is 5.91 Å². The number of carboxylic acid groups (broad SMARTS) is 1. The number of rotatable bonds is 7. The largest absolute Gasteiger partial charge is 0.481 e. The molecule has 0 aromatic heterocycles. The maximum Gasteiger partial charge on any atom is 0.308 e. The highest BCUT2D eigenvalue weighted by Gasteiger charge is 2.25. The molecule has 2 unspecified atom stereocenters. The molecule has 1 rings (SSSR count). The lowest BCUT2D eigenvalue weighted by Gasteiger charge is -2.22. The van der Waals surface area contributed by atoms with Gasteiger partial charge in [0.25, 0.3) is 5.91 Å². The molecule has 1 aromatic rings. The third-order valence-corrected chi connectivity index (χ3v) is 3.35. The molecule has 2 amide bonds. The maximum absolute atomic E-state index is 12.9. The van der Waals surface area contributed by atoms with Crippen LogP contribution >= 0.6 is 0 Å². The number of aliphatic carboxylic acids is 1. The molecule has 126 valence electrons. The third-order valence-electron chi connectivity index (χ3n) is 3.35. The molecule has 0 saturated carbocycles. The fourth-order valence-electron chi connectivity index (χ4n) is 1.81. The number of nitrogens with one attached hydrogen (secondary N) is 2. The van der Waals surface area contributed by atoms with E-state index < -0.39 is 35.6 Å². The van der Waals surface area contributed by atoms with Crippen LogP contribution in [0.2, 0.25) is 0 Å². The summed E-state index contributed by atoms with van der Waals surface area (Å²) in [4.78, 5) is 35.0. The molecule has 0 saturated heterocycles. The minimum absolute atomic E-state index is 0.0240. The zero-order chi connectivity index (χ0) is 17.6. The van der Waals surface area contributed by atoms with Crippen LogP contribution in [0.15, 0.2) is 24.3 Å². The molecule has 7 heteroatoms. The number of hydrogen-bond acceptors (Lipinski definition) is 3. The van der Waals surface area contributed by atoms with Crippen molar-refractivity contribution in [2.24, 2.45) is 11.8 Å². The summed E-state index contributed by atoms with van der Waals surface area (Å²) in [6.07, 6.45) is 0. The normalized spacial score (nSPS) is 13.3. The van der Waals surface area contributed by atoms with Gasteiger partial charge in [-0.1, -0.05) is 20.8 Å². The van der Waals surface area contributed by atoms with Gasteiger partial charge in [-0.25, -0.2) is 4.39 Å². The topological polar surface area (TPSA) is 95.5 Å². The molecule has 0 bridgehead atoms. The van der Waals surface area contributed by atoms with Crippen LogP contribution in [-0.2, 0) is 9.59 Å². The van der Waals surface area contributed by atoms with E-state index in [1.54, 1.807) is 13.8 Å². The van der Waals surface area contributed by atoms with Crippen LogP contribution in [0.5, 0.6) is 0 Å². The fourth-order valence-corrected chi connectivity index (χ4v) is 1.81. The average Bonchev–Trinajstić information content (AvgIpc) is 2.49. The van der Waals surface area contributed by atoms with Gasteiger partial charge in [0.05, 0.1) is 5.92 Å². The molecule has 0 fully saturated rings. The summed E-state index contributed by atoms with van der Waals surface area (Å²) in [6, 6.07) is 4.16. The van der Waals surface area contributed by atoms with Crippen molar-refractivity contribution in [3.8, 4) is 0 Å². The van der Waals surface area contributed by atoms with Gasteiger partial charge in [0.1, 0.15) is 11.9 Å². The van der Waals surface area contributed by atoms with E-state index in [0.29, 0.717) is 0 Å². The SMILES string of the molecule is CC(CNC(=O)C(NC(=O)c1ccc(F)cc1)C(C)C)C(=O)O. The molecule has 0 aliphatic heterocycles. The highest BCUT2D eigenvalue weighted by Crippen LogP contribution is 2.07. The molecule has 0 radical (unpaired) electrons. The van der Waals surface area contributed by atoms with Crippen LogP contribution in [0.1, 0.15) is 31.1 Å². The van der Waals surface area contributed by atoms with Crippen molar-refractivity contribution < 1.29 is 23.9 Å². The predicted molar refractivity (Wildman–Crippen MR) is 82.3 cm³/mol. The lowest BCUT2D eigenvalue weighted by atomic mass is 10.0. The summed E-state index contributed by atoms with van der Waals surface area (Å²) >= 11 is 0. The monoisotopic (exact) mass is 324 g/mol. The first-order valence-corrected chi connectivity index (χ1v) is 7.29. The number of amides is 2. The van der Waals surface area contributed by atoms with Crippen molar-refractivity contribution in [2.45, 2.75) is 26.8 Å². The minimum atomic E-state index is -1.01. The van der Waals surface area contributed by atoms with Gasteiger partial charge >= 0.3 is 5.97 Å². The highest BCUT2D eigenvalue weighted by atomic mass is 19.1. The Hall–Kier alpha value is -2.44. The summed E-state index contributed by atoms with van der Waals surface area (Å²) in [5, 5.41) is 13.9. The molecule has 1 aromatic carbocycles. The molecular weight excluding hydrogens is 303 g/mol. The van der Waals surface area contributed by atoms with E-state index >= 15 is 0 Å². The van der Waals surface area contributed by atoms with Crippen molar-refractivity contribution in [2.75, 3.05) is 6.54 Å². The van der Waals surface area contributed by atoms with E-state index in [0.717, 1.165) is 12.1 Å². The van der Waals surface area contributed by atoms with Crippen molar-refractivity contribution in [1.82, 2.24) is 10.6 Å². The molecular formula is C16H21FN2O4. The number of hydrogen-bond donors (Lipinski definition) is 3. The summed E-state index contributed by atoms with van der Waals surface area (Å²) in [5.74, 6) is -3.34. The molecule has 23 heavy (non-hydrogen) atoms. The molecule has 0 spiro atoms. The van der Waals surface area contributed by atoms with Crippen LogP contribution in [0, 0.1) is 17.7 Å².